The van der Waals surface area contributed by atoms with Crippen molar-refractivity contribution in [3.8, 4) is 0 Å². The lowest BCUT2D eigenvalue weighted by atomic mass is 9.91. The number of H-pyrrole nitrogens is 1. The first-order valence-electron chi connectivity index (χ1n) is 8.19. The number of benzene rings is 1. The number of carboxylic acids is 1. The van der Waals surface area contributed by atoms with E-state index >= 15 is 0 Å². The molecule has 1 aliphatic rings. The monoisotopic (exact) mass is 361 g/mol. The Bertz CT molecular complexity index is 826. The van der Waals surface area contributed by atoms with Crippen LogP contribution in [0, 0.1) is 5.82 Å². The Kier molecular flexibility index (Phi) is 4.43. The molecule has 26 heavy (non-hydrogen) atoms. The van der Waals surface area contributed by atoms with Crippen LogP contribution < -0.4 is 0 Å². The van der Waals surface area contributed by atoms with E-state index in [1.807, 2.05) is 0 Å². The molecule has 8 heteroatoms. The van der Waals surface area contributed by atoms with Gasteiger partial charge in [0.25, 0.3) is 0 Å². The molecule has 2 N–H and O–H groups in total. The first-order valence-corrected chi connectivity index (χ1v) is 8.19. The van der Waals surface area contributed by atoms with Gasteiger partial charge in [-0.25, -0.2) is 19.0 Å². The van der Waals surface area contributed by atoms with Crippen molar-refractivity contribution in [1.29, 1.82) is 0 Å². The summed E-state index contributed by atoms with van der Waals surface area (Å²) in [5, 5.41) is 9.68. The third kappa shape index (κ3) is 3.40. The van der Waals surface area contributed by atoms with Crippen molar-refractivity contribution < 1.29 is 23.8 Å². The molecular formula is C18H20FN3O4. The van der Waals surface area contributed by atoms with E-state index in [0.717, 1.165) is 0 Å². The molecule has 0 spiro atoms. The number of nitrogens with zero attached hydrogens (tertiary/aromatic N) is 2. The van der Waals surface area contributed by atoms with Crippen LogP contribution in [0.5, 0.6) is 0 Å². The lowest BCUT2D eigenvalue weighted by molar-refractivity contribution is -0.144. The number of halogens is 1. The molecule has 138 valence electrons. The highest BCUT2D eigenvalue weighted by atomic mass is 19.1. The summed E-state index contributed by atoms with van der Waals surface area (Å²) in [6.07, 6.45) is 0.785. The fourth-order valence-electron chi connectivity index (χ4n) is 3.05. The molecule has 3 rings (SSSR count). The summed E-state index contributed by atoms with van der Waals surface area (Å²) in [5.74, 6) is -1.58. The van der Waals surface area contributed by atoms with Gasteiger partial charge in [-0.05, 0) is 38.5 Å². The van der Waals surface area contributed by atoms with E-state index in [2.05, 4.69) is 9.97 Å². The number of hydrogen-bond acceptors (Lipinski definition) is 4. The fraction of sp³-hybridized carbons (Fsp3) is 0.389. The Hall–Kier alpha value is -2.90. The molecule has 2 heterocycles. The molecule has 0 fully saturated rings. The number of carbonyl (C=O) groups is 2. The number of hydrogen-bond donors (Lipinski definition) is 2. The van der Waals surface area contributed by atoms with E-state index in [-0.39, 0.29) is 6.42 Å². The molecule has 1 aliphatic heterocycles. The number of nitrogens with one attached hydrogen (secondary N) is 1. The van der Waals surface area contributed by atoms with Crippen molar-refractivity contribution in [3.05, 3.63) is 53.4 Å². The predicted molar refractivity (Wildman–Crippen MR) is 90.0 cm³/mol. The molecule has 0 saturated carbocycles. The fourth-order valence-corrected chi connectivity index (χ4v) is 3.05. The van der Waals surface area contributed by atoms with Crippen LogP contribution in [0.3, 0.4) is 0 Å². The van der Waals surface area contributed by atoms with Gasteiger partial charge in [0.2, 0.25) is 0 Å². The summed E-state index contributed by atoms with van der Waals surface area (Å²) < 4.78 is 18.8. The van der Waals surface area contributed by atoms with Crippen molar-refractivity contribution in [2.24, 2.45) is 0 Å². The number of ether oxygens (including phenoxy) is 1. The number of amides is 1. The smallest absolute Gasteiger partial charge is 0.411 e. The molecule has 2 aromatic rings. The van der Waals surface area contributed by atoms with Gasteiger partial charge in [0, 0.05) is 12.1 Å². The minimum Gasteiger partial charge on any atom is -0.480 e. The number of imidazole rings is 1. The summed E-state index contributed by atoms with van der Waals surface area (Å²) >= 11 is 0. The highest BCUT2D eigenvalue weighted by Crippen LogP contribution is 2.37. The topological polar surface area (TPSA) is 95.5 Å². The number of aromatic amines is 1. The van der Waals surface area contributed by atoms with Crippen LogP contribution in [0.1, 0.15) is 43.8 Å². The third-order valence-corrected chi connectivity index (χ3v) is 4.10. The van der Waals surface area contributed by atoms with Crippen molar-refractivity contribution in [2.45, 2.75) is 44.9 Å². The number of aliphatic carboxylic acids is 1. The average Bonchev–Trinajstić information content (AvgIpc) is 3.00. The average molecular weight is 361 g/mol. The van der Waals surface area contributed by atoms with Gasteiger partial charge in [-0.3, -0.25) is 4.90 Å². The summed E-state index contributed by atoms with van der Waals surface area (Å²) in [4.78, 5) is 33.1. The lowest BCUT2D eigenvalue weighted by Crippen LogP contribution is -2.53. The van der Waals surface area contributed by atoms with E-state index in [1.54, 1.807) is 20.8 Å². The summed E-state index contributed by atoms with van der Waals surface area (Å²) in [6, 6.07) is 3.63. The van der Waals surface area contributed by atoms with Crippen LogP contribution in [-0.4, -0.2) is 43.7 Å². The van der Waals surface area contributed by atoms with Gasteiger partial charge in [-0.2, -0.15) is 0 Å². The zero-order valence-electron chi connectivity index (χ0n) is 14.7. The van der Waals surface area contributed by atoms with Gasteiger partial charge >= 0.3 is 12.1 Å². The van der Waals surface area contributed by atoms with Crippen LogP contribution in [0.25, 0.3) is 0 Å². The first kappa shape index (κ1) is 17.9. The predicted octanol–water partition coefficient (Wildman–Crippen LogP) is 2.88. The van der Waals surface area contributed by atoms with E-state index in [9.17, 15) is 19.1 Å². The minimum absolute atomic E-state index is 0.0849. The lowest BCUT2D eigenvalue weighted by Gasteiger charge is -2.40. The molecule has 0 radical (unpaired) electrons. The molecule has 0 aliphatic carbocycles. The molecular weight excluding hydrogens is 341 g/mol. The number of rotatable bonds is 2. The van der Waals surface area contributed by atoms with Gasteiger partial charge < -0.3 is 14.8 Å². The molecule has 2 atom stereocenters. The number of fused-ring (bicyclic) bond motifs is 1. The van der Waals surface area contributed by atoms with E-state index in [4.69, 9.17) is 4.74 Å². The maximum Gasteiger partial charge on any atom is 0.411 e. The Morgan fingerprint density at radius 2 is 1.96 bits per heavy atom. The van der Waals surface area contributed by atoms with Crippen LogP contribution in [0.4, 0.5) is 9.18 Å². The van der Waals surface area contributed by atoms with Crippen LogP contribution >= 0.6 is 0 Å². The second kappa shape index (κ2) is 6.44. The molecule has 7 nitrogen and oxygen atoms in total. The second-order valence-electron chi connectivity index (χ2n) is 7.17. The highest BCUT2D eigenvalue weighted by Gasteiger charge is 2.45. The summed E-state index contributed by atoms with van der Waals surface area (Å²) in [6.45, 7) is 5.12. The highest BCUT2D eigenvalue weighted by molar-refractivity contribution is 5.82. The maximum atomic E-state index is 13.4. The number of carboxylic acid groups (broad SMARTS) is 1. The molecule has 1 amide bonds. The standard InChI is InChI=1S/C18H20FN3O4/c1-18(2,3)26-17(25)22-13(16(23)24)8-12-14(21-9-20-12)15(22)10-4-6-11(19)7-5-10/h4-7,9,13,15H,8H2,1-3H3,(H,20,21)(H,23,24). The van der Waals surface area contributed by atoms with E-state index < -0.39 is 35.6 Å². The SMILES string of the molecule is CC(C)(C)OC(=O)N1C(C(=O)O)Cc2[nH]cnc2C1c1ccc(F)cc1. The Balaban J connectivity index is 2.12. The second-order valence-corrected chi connectivity index (χ2v) is 7.17. The van der Waals surface area contributed by atoms with Gasteiger partial charge in [0.1, 0.15) is 23.5 Å². The van der Waals surface area contributed by atoms with E-state index in [0.29, 0.717) is 17.0 Å². The molecule has 2 unspecified atom stereocenters. The van der Waals surface area contributed by atoms with Gasteiger partial charge in [0.15, 0.2) is 0 Å². The zero-order valence-corrected chi connectivity index (χ0v) is 14.7. The van der Waals surface area contributed by atoms with Crippen LogP contribution in [-0.2, 0) is 16.0 Å². The summed E-state index contributed by atoms with van der Waals surface area (Å²) in [7, 11) is 0. The van der Waals surface area contributed by atoms with Crippen molar-refractivity contribution in [1.82, 2.24) is 14.9 Å². The number of carbonyl (C=O) groups excluding carboxylic acids is 1. The Morgan fingerprint density at radius 3 is 2.54 bits per heavy atom. The quantitative estimate of drug-likeness (QED) is 0.857. The van der Waals surface area contributed by atoms with Gasteiger partial charge in [-0.15, -0.1) is 0 Å². The molecule has 1 aromatic carbocycles. The maximum absolute atomic E-state index is 13.4. The third-order valence-electron chi connectivity index (χ3n) is 4.10. The normalized spacial score (nSPS) is 19.8. The van der Waals surface area contributed by atoms with Crippen molar-refractivity contribution >= 4 is 12.1 Å². The molecule has 1 aromatic heterocycles. The summed E-state index contributed by atoms with van der Waals surface area (Å²) in [5.41, 5.74) is 0.919. The van der Waals surface area contributed by atoms with Gasteiger partial charge in [-0.1, -0.05) is 12.1 Å². The van der Waals surface area contributed by atoms with Crippen molar-refractivity contribution in [3.63, 3.8) is 0 Å². The molecule has 0 saturated heterocycles. The van der Waals surface area contributed by atoms with Crippen LogP contribution in [0.2, 0.25) is 0 Å². The Labute approximate surface area is 149 Å². The zero-order chi connectivity index (χ0) is 19.1. The first-order chi connectivity index (χ1) is 12.2. The Morgan fingerprint density at radius 1 is 1.31 bits per heavy atom. The number of aromatic nitrogens is 2. The largest absolute Gasteiger partial charge is 0.480 e. The van der Waals surface area contributed by atoms with Crippen molar-refractivity contribution in [2.75, 3.05) is 0 Å². The van der Waals surface area contributed by atoms with Gasteiger partial charge in [0.05, 0.1) is 12.0 Å². The van der Waals surface area contributed by atoms with E-state index in [1.165, 1.54) is 35.5 Å². The molecule has 0 bridgehead atoms. The van der Waals surface area contributed by atoms with Crippen LogP contribution in [0.15, 0.2) is 30.6 Å². The minimum atomic E-state index is -1.15.